The van der Waals surface area contributed by atoms with Crippen LogP contribution in [0.1, 0.15) is 21.7 Å². The second-order valence-corrected chi connectivity index (χ2v) is 6.57. The van der Waals surface area contributed by atoms with Gasteiger partial charge < -0.3 is 10.1 Å². The minimum absolute atomic E-state index is 0.264. The van der Waals surface area contributed by atoms with E-state index in [1.54, 1.807) is 38.2 Å². The molecule has 0 radical (unpaired) electrons. The number of rotatable bonds is 5. The number of aromatic nitrogens is 2. The number of carbonyl (C=O) groups excluding carboxylic acids is 1. The SMILES string of the molecule is Cc1nn(C)c(C(=O)NCc2ccc(Oc3ccc(Cl)cc3)cc2)c1Cl. The van der Waals surface area contributed by atoms with Gasteiger partial charge in [0.2, 0.25) is 0 Å². The third-order valence-electron chi connectivity index (χ3n) is 3.79. The van der Waals surface area contributed by atoms with E-state index < -0.39 is 0 Å². The molecule has 3 aromatic rings. The van der Waals surface area contributed by atoms with Crippen LogP contribution in [0.25, 0.3) is 0 Å². The Morgan fingerprint density at radius 3 is 2.19 bits per heavy atom. The maximum absolute atomic E-state index is 12.3. The van der Waals surface area contributed by atoms with Crippen LogP contribution in [0.2, 0.25) is 10.0 Å². The Balaban J connectivity index is 1.60. The minimum atomic E-state index is -0.264. The monoisotopic (exact) mass is 389 g/mol. The zero-order valence-electron chi connectivity index (χ0n) is 14.3. The summed E-state index contributed by atoms with van der Waals surface area (Å²) >= 11 is 12.0. The lowest BCUT2D eigenvalue weighted by Crippen LogP contribution is -2.25. The highest BCUT2D eigenvalue weighted by molar-refractivity contribution is 6.34. The average Bonchev–Trinajstić information content (AvgIpc) is 2.88. The number of nitrogens with zero attached hydrogens (tertiary/aromatic N) is 2. The summed E-state index contributed by atoms with van der Waals surface area (Å²) in [5.41, 5.74) is 1.92. The van der Waals surface area contributed by atoms with Crippen LogP contribution in [0.15, 0.2) is 48.5 Å². The lowest BCUT2D eigenvalue weighted by Gasteiger charge is -2.08. The van der Waals surface area contributed by atoms with Crippen molar-refractivity contribution in [2.75, 3.05) is 0 Å². The first-order valence-corrected chi connectivity index (χ1v) is 8.69. The molecular formula is C19H17Cl2N3O2. The zero-order chi connectivity index (χ0) is 18.7. The van der Waals surface area contributed by atoms with Crippen molar-refractivity contribution in [3.05, 3.63) is 75.5 Å². The van der Waals surface area contributed by atoms with E-state index in [1.807, 2.05) is 24.3 Å². The molecule has 26 heavy (non-hydrogen) atoms. The first-order chi connectivity index (χ1) is 12.4. The Labute approximate surface area is 161 Å². The van der Waals surface area contributed by atoms with E-state index in [2.05, 4.69) is 10.4 Å². The molecule has 1 amide bonds. The molecule has 134 valence electrons. The number of carbonyl (C=O) groups is 1. The highest BCUT2D eigenvalue weighted by Gasteiger charge is 2.18. The second kappa shape index (κ2) is 7.81. The van der Waals surface area contributed by atoms with Crippen LogP contribution in [-0.4, -0.2) is 15.7 Å². The van der Waals surface area contributed by atoms with Crippen molar-refractivity contribution in [1.29, 1.82) is 0 Å². The van der Waals surface area contributed by atoms with Gasteiger partial charge in [-0.25, -0.2) is 0 Å². The summed E-state index contributed by atoms with van der Waals surface area (Å²) in [4.78, 5) is 12.3. The molecule has 7 heteroatoms. The van der Waals surface area contributed by atoms with E-state index >= 15 is 0 Å². The predicted molar refractivity (Wildman–Crippen MR) is 102 cm³/mol. The highest BCUT2D eigenvalue weighted by Crippen LogP contribution is 2.23. The topological polar surface area (TPSA) is 56.2 Å². The summed E-state index contributed by atoms with van der Waals surface area (Å²) in [6.07, 6.45) is 0. The first kappa shape index (κ1) is 18.3. The van der Waals surface area contributed by atoms with Gasteiger partial charge in [0, 0.05) is 18.6 Å². The van der Waals surface area contributed by atoms with Crippen LogP contribution >= 0.6 is 23.2 Å². The van der Waals surface area contributed by atoms with E-state index in [0.29, 0.717) is 39.5 Å². The number of ether oxygens (including phenoxy) is 1. The van der Waals surface area contributed by atoms with Gasteiger partial charge in [0.05, 0.1) is 10.7 Å². The number of hydrogen-bond acceptors (Lipinski definition) is 3. The van der Waals surface area contributed by atoms with E-state index in [0.717, 1.165) is 5.56 Å². The molecule has 5 nitrogen and oxygen atoms in total. The number of nitrogens with one attached hydrogen (secondary N) is 1. The van der Waals surface area contributed by atoms with Crippen molar-refractivity contribution in [2.24, 2.45) is 7.05 Å². The molecule has 0 saturated heterocycles. The predicted octanol–water partition coefficient (Wildman–Crippen LogP) is 4.76. The average molecular weight is 390 g/mol. The molecule has 0 aliphatic heterocycles. The van der Waals surface area contributed by atoms with E-state index in [1.165, 1.54) is 4.68 Å². The third-order valence-corrected chi connectivity index (χ3v) is 4.49. The maximum Gasteiger partial charge on any atom is 0.271 e. The number of halogens is 2. The number of benzene rings is 2. The zero-order valence-corrected chi connectivity index (χ0v) is 15.8. The minimum Gasteiger partial charge on any atom is -0.457 e. The Hall–Kier alpha value is -2.50. The molecule has 0 atom stereocenters. The lowest BCUT2D eigenvalue weighted by molar-refractivity contribution is 0.0941. The quantitative estimate of drug-likeness (QED) is 0.684. The molecule has 0 fully saturated rings. The van der Waals surface area contributed by atoms with Crippen LogP contribution < -0.4 is 10.1 Å². The molecule has 1 aromatic heterocycles. The summed E-state index contributed by atoms with van der Waals surface area (Å²) in [6.45, 7) is 2.14. The van der Waals surface area contributed by atoms with Gasteiger partial charge in [-0.2, -0.15) is 5.10 Å². The van der Waals surface area contributed by atoms with Crippen molar-refractivity contribution >= 4 is 29.1 Å². The van der Waals surface area contributed by atoms with Crippen molar-refractivity contribution in [2.45, 2.75) is 13.5 Å². The molecule has 0 saturated carbocycles. The van der Waals surface area contributed by atoms with Gasteiger partial charge in [0.25, 0.3) is 5.91 Å². The molecular weight excluding hydrogens is 373 g/mol. The maximum atomic E-state index is 12.3. The fourth-order valence-corrected chi connectivity index (χ4v) is 2.83. The summed E-state index contributed by atoms with van der Waals surface area (Å²) in [6, 6.07) is 14.6. The van der Waals surface area contributed by atoms with Gasteiger partial charge in [-0.1, -0.05) is 35.3 Å². The smallest absolute Gasteiger partial charge is 0.271 e. The summed E-state index contributed by atoms with van der Waals surface area (Å²) in [7, 11) is 1.69. The molecule has 1 heterocycles. The molecule has 3 rings (SSSR count). The summed E-state index contributed by atoms with van der Waals surface area (Å²) in [5.74, 6) is 1.14. The van der Waals surface area contributed by atoms with Crippen LogP contribution in [-0.2, 0) is 13.6 Å². The largest absolute Gasteiger partial charge is 0.457 e. The Morgan fingerprint density at radius 2 is 1.65 bits per heavy atom. The van der Waals surface area contributed by atoms with Gasteiger partial charge in [0.1, 0.15) is 17.2 Å². The number of hydrogen-bond donors (Lipinski definition) is 1. The van der Waals surface area contributed by atoms with Crippen molar-refractivity contribution in [3.8, 4) is 11.5 Å². The van der Waals surface area contributed by atoms with E-state index in [4.69, 9.17) is 27.9 Å². The first-order valence-electron chi connectivity index (χ1n) is 7.93. The Bertz CT molecular complexity index is 919. The van der Waals surface area contributed by atoms with Crippen molar-refractivity contribution < 1.29 is 9.53 Å². The second-order valence-electron chi connectivity index (χ2n) is 5.75. The van der Waals surface area contributed by atoms with Crippen LogP contribution in [0.4, 0.5) is 0 Å². The van der Waals surface area contributed by atoms with E-state index in [-0.39, 0.29) is 5.91 Å². The van der Waals surface area contributed by atoms with Gasteiger partial charge in [-0.05, 0) is 48.9 Å². The molecule has 0 spiro atoms. The molecule has 0 bridgehead atoms. The van der Waals surface area contributed by atoms with Gasteiger partial charge in [-0.3, -0.25) is 9.48 Å². The summed E-state index contributed by atoms with van der Waals surface area (Å²) < 4.78 is 7.22. The van der Waals surface area contributed by atoms with Crippen LogP contribution in [0, 0.1) is 6.92 Å². The molecule has 0 aliphatic carbocycles. The van der Waals surface area contributed by atoms with Gasteiger partial charge in [0.15, 0.2) is 0 Å². The molecule has 2 aromatic carbocycles. The van der Waals surface area contributed by atoms with Gasteiger partial charge in [-0.15, -0.1) is 0 Å². The molecule has 1 N–H and O–H groups in total. The van der Waals surface area contributed by atoms with Crippen molar-refractivity contribution in [3.63, 3.8) is 0 Å². The fraction of sp³-hybridized carbons (Fsp3) is 0.158. The summed E-state index contributed by atoms with van der Waals surface area (Å²) in [5, 5.41) is 8.02. The Kier molecular flexibility index (Phi) is 5.49. The lowest BCUT2D eigenvalue weighted by atomic mass is 10.2. The van der Waals surface area contributed by atoms with Gasteiger partial charge >= 0.3 is 0 Å². The standard InChI is InChI=1S/C19H17Cl2N3O2/c1-12-17(21)18(24(2)23-12)19(25)22-11-13-3-7-15(8-4-13)26-16-9-5-14(20)6-10-16/h3-10H,11H2,1-2H3,(H,22,25). The van der Waals surface area contributed by atoms with Crippen LogP contribution in [0.5, 0.6) is 11.5 Å². The molecule has 0 unspecified atom stereocenters. The van der Waals surface area contributed by atoms with Crippen LogP contribution in [0.3, 0.4) is 0 Å². The molecule has 0 aliphatic rings. The normalized spacial score (nSPS) is 10.6. The number of aryl methyl sites for hydroxylation is 2. The van der Waals surface area contributed by atoms with E-state index in [9.17, 15) is 4.79 Å². The Morgan fingerprint density at radius 1 is 1.08 bits per heavy atom. The highest BCUT2D eigenvalue weighted by atomic mass is 35.5. The third kappa shape index (κ3) is 4.18. The number of amides is 1. The van der Waals surface area contributed by atoms with Crippen molar-refractivity contribution in [1.82, 2.24) is 15.1 Å². The fourth-order valence-electron chi connectivity index (χ4n) is 2.46.